The Kier molecular flexibility index (Phi) is 5.96. The van der Waals surface area contributed by atoms with E-state index in [1.165, 1.54) is 13.3 Å². The zero-order valence-corrected chi connectivity index (χ0v) is 16.1. The fourth-order valence-electron chi connectivity index (χ4n) is 2.61. The second-order valence-electron chi connectivity index (χ2n) is 5.80. The number of carbonyl (C=O) groups excluding carboxylic acids is 1. The number of esters is 1. The highest BCUT2D eigenvalue weighted by atomic mass is 35.5. The van der Waals surface area contributed by atoms with Gasteiger partial charge in [0.1, 0.15) is 10.8 Å². The van der Waals surface area contributed by atoms with Gasteiger partial charge in [-0.3, -0.25) is 4.79 Å². The van der Waals surface area contributed by atoms with Crippen molar-refractivity contribution in [2.24, 2.45) is 0 Å². The summed E-state index contributed by atoms with van der Waals surface area (Å²) >= 11 is 6.26. The van der Waals surface area contributed by atoms with Crippen LogP contribution in [0.15, 0.2) is 59.5 Å². The van der Waals surface area contributed by atoms with E-state index in [1.54, 1.807) is 31.4 Å². The van der Waals surface area contributed by atoms with Crippen LogP contribution in [0.1, 0.15) is 15.9 Å². The molecule has 0 radical (unpaired) electrons. The van der Waals surface area contributed by atoms with Gasteiger partial charge in [0.25, 0.3) is 5.56 Å². The monoisotopic (exact) mass is 399 g/mol. The first-order valence-corrected chi connectivity index (χ1v) is 8.75. The van der Waals surface area contributed by atoms with Crippen LogP contribution in [0.25, 0.3) is 5.69 Å². The maximum atomic E-state index is 12.7. The lowest BCUT2D eigenvalue weighted by atomic mass is 10.2. The number of nitrogens with zero attached hydrogens (tertiary/aromatic N) is 2. The molecule has 0 aliphatic carbocycles. The molecule has 0 unspecified atom stereocenters. The van der Waals surface area contributed by atoms with E-state index in [-0.39, 0.29) is 10.6 Å². The zero-order chi connectivity index (χ0) is 20.1. The van der Waals surface area contributed by atoms with Crippen molar-refractivity contribution in [2.45, 2.75) is 6.54 Å². The summed E-state index contributed by atoms with van der Waals surface area (Å²) in [5, 5.41) is 7.23. The third-order valence-corrected chi connectivity index (χ3v) is 4.46. The minimum Gasteiger partial charge on any atom is -0.497 e. The van der Waals surface area contributed by atoms with E-state index in [0.717, 1.165) is 16.0 Å². The summed E-state index contributed by atoms with van der Waals surface area (Å²) in [6, 6.07) is 14.0. The lowest BCUT2D eigenvalue weighted by Crippen LogP contribution is -2.24. The van der Waals surface area contributed by atoms with Crippen LogP contribution in [-0.4, -0.2) is 30.0 Å². The molecule has 8 heteroatoms. The van der Waals surface area contributed by atoms with Crippen LogP contribution in [0.2, 0.25) is 5.02 Å². The molecule has 2 aromatic carbocycles. The van der Waals surface area contributed by atoms with E-state index in [0.29, 0.717) is 17.9 Å². The van der Waals surface area contributed by atoms with Crippen molar-refractivity contribution in [1.82, 2.24) is 9.78 Å². The summed E-state index contributed by atoms with van der Waals surface area (Å²) in [6.45, 7) is 0.452. The van der Waals surface area contributed by atoms with Gasteiger partial charge < -0.3 is 14.8 Å². The summed E-state index contributed by atoms with van der Waals surface area (Å²) in [6.07, 6.45) is 1.45. The van der Waals surface area contributed by atoms with Crippen LogP contribution in [0.5, 0.6) is 5.75 Å². The molecule has 0 aliphatic rings. The molecule has 28 heavy (non-hydrogen) atoms. The van der Waals surface area contributed by atoms with Gasteiger partial charge in [-0.05, 0) is 29.8 Å². The fourth-order valence-corrected chi connectivity index (χ4v) is 2.80. The second-order valence-corrected chi connectivity index (χ2v) is 6.18. The molecule has 144 valence electrons. The molecule has 3 aromatic rings. The number of benzene rings is 2. The van der Waals surface area contributed by atoms with Crippen molar-refractivity contribution in [3.05, 3.63) is 81.2 Å². The fraction of sp³-hybridized carbons (Fsp3) is 0.150. The number of hydrogen-bond acceptors (Lipinski definition) is 6. The van der Waals surface area contributed by atoms with Crippen LogP contribution in [0, 0.1) is 0 Å². The highest BCUT2D eigenvalue weighted by Gasteiger charge is 2.17. The van der Waals surface area contributed by atoms with Gasteiger partial charge in [-0.2, -0.15) is 9.78 Å². The molecule has 0 amide bonds. The topological polar surface area (TPSA) is 82.5 Å². The van der Waals surface area contributed by atoms with Gasteiger partial charge in [0, 0.05) is 6.54 Å². The number of nitrogens with one attached hydrogen (secondary N) is 1. The van der Waals surface area contributed by atoms with Gasteiger partial charge in [-0.15, -0.1) is 0 Å². The molecule has 0 saturated heterocycles. The summed E-state index contributed by atoms with van der Waals surface area (Å²) in [4.78, 5) is 24.7. The van der Waals surface area contributed by atoms with Gasteiger partial charge in [0.15, 0.2) is 0 Å². The van der Waals surface area contributed by atoms with Crippen molar-refractivity contribution in [3.63, 3.8) is 0 Å². The van der Waals surface area contributed by atoms with Gasteiger partial charge in [0.2, 0.25) is 0 Å². The number of aromatic nitrogens is 2. The number of carbonyl (C=O) groups is 1. The lowest BCUT2D eigenvalue weighted by Gasteiger charge is -2.12. The van der Waals surface area contributed by atoms with E-state index in [1.807, 2.05) is 24.3 Å². The van der Waals surface area contributed by atoms with E-state index < -0.39 is 11.5 Å². The SMILES string of the molecule is COC(=O)c1ccccc1-n1ncc(NCc2ccc(OC)cc2)c(Cl)c1=O. The number of methoxy groups -OCH3 is 2. The Morgan fingerprint density at radius 3 is 2.54 bits per heavy atom. The van der Waals surface area contributed by atoms with Gasteiger partial charge >= 0.3 is 5.97 Å². The van der Waals surface area contributed by atoms with Crippen LogP contribution in [0.3, 0.4) is 0 Å². The Bertz CT molecular complexity index is 1050. The van der Waals surface area contributed by atoms with Gasteiger partial charge in [0.05, 0.1) is 37.4 Å². The molecule has 3 rings (SSSR count). The normalized spacial score (nSPS) is 10.4. The van der Waals surface area contributed by atoms with Crippen molar-refractivity contribution < 1.29 is 14.3 Å². The number of anilines is 1. The Morgan fingerprint density at radius 1 is 1.14 bits per heavy atom. The Balaban J connectivity index is 1.87. The van der Waals surface area contributed by atoms with Crippen molar-refractivity contribution in [2.75, 3.05) is 19.5 Å². The standard InChI is InChI=1S/C20H18ClN3O4/c1-27-14-9-7-13(8-10-14)11-22-16-12-23-24(19(25)18(16)21)17-6-4-3-5-15(17)20(26)28-2/h3-10,12,22H,11H2,1-2H3. The van der Waals surface area contributed by atoms with Crippen LogP contribution in [-0.2, 0) is 11.3 Å². The zero-order valence-electron chi connectivity index (χ0n) is 15.3. The minimum absolute atomic E-state index is 0.0248. The van der Waals surface area contributed by atoms with E-state index in [4.69, 9.17) is 21.1 Å². The molecule has 0 saturated carbocycles. The summed E-state index contributed by atoms with van der Waals surface area (Å²) in [7, 11) is 2.88. The molecule has 1 aromatic heterocycles. The first kappa shape index (κ1) is 19.4. The molecule has 0 spiro atoms. The molecule has 7 nitrogen and oxygen atoms in total. The maximum Gasteiger partial charge on any atom is 0.340 e. The molecule has 0 fully saturated rings. The first-order valence-electron chi connectivity index (χ1n) is 8.37. The van der Waals surface area contributed by atoms with Gasteiger partial charge in [-0.25, -0.2) is 4.79 Å². The Morgan fingerprint density at radius 2 is 1.86 bits per heavy atom. The largest absolute Gasteiger partial charge is 0.497 e. The predicted octanol–water partition coefficient (Wildman–Crippen LogP) is 3.29. The van der Waals surface area contributed by atoms with E-state index >= 15 is 0 Å². The van der Waals surface area contributed by atoms with Gasteiger partial charge in [-0.1, -0.05) is 35.9 Å². The second kappa shape index (κ2) is 8.58. The average Bonchev–Trinajstić information content (AvgIpc) is 2.74. The molecular weight excluding hydrogens is 382 g/mol. The molecule has 1 N–H and O–H groups in total. The van der Waals surface area contributed by atoms with E-state index in [9.17, 15) is 9.59 Å². The third-order valence-electron chi connectivity index (χ3n) is 4.10. The number of rotatable bonds is 6. The van der Waals surface area contributed by atoms with Crippen molar-refractivity contribution >= 4 is 23.3 Å². The van der Waals surface area contributed by atoms with E-state index in [2.05, 4.69) is 10.4 Å². The Hall–Kier alpha value is -3.32. The number of hydrogen-bond donors (Lipinski definition) is 1. The predicted molar refractivity (Wildman–Crippen MR) is 107 cm³/mol. The molecule has 0 atom stereocenters. The smallest absolute Gasteiger partial charge is 0.340 e. The number of para-hydroxylation sites is 1. The number of halogens is 1. The Labute approximate surface area is 166 Å². The third kappa shape index (κ3) is 3.99. The number of ether oxygens (including phenoxy) is 2. The minimum atomic E-state index is -0.567. The summed E-state index contributed by atoms with van der Waals surface area (Å²) in [5.41, 5.74) is 1.35. The quantitative estimate of drug-likeness (QED) is 0.640. The molecule has 1 heterocycles. The molecule has 0 bridgehead atoms. The summed E-state index contributed by atoms with van der Waals surface area (Å²) < 4.78 is 11.0. The highest BCUT2D eigenvalue weighted by molar-refractivity contribution is 6.32. The van der Waals surface area contributed by atoms with Crippen LogP contribution < -0.4 is 15.6 Å². The van der Waals surface area contributed by atoms with Crippen molar-refractivity contribution in [3.8, 4) is 11.4 Å². The average molecular weight is 400 g/mol. The first-order chi connectivity index (χ1) is 13.5. The van der Waals surface area contributed by atoms with Crippen LogP contribution >= 0.6 is 11.6 Å². The summed E-state index contributed by atoms with van der Waals surface area (Å²) in [5.74, 6) is 0.192. The molecule has 0 aliphatic heterocycles. The lowest BCUT2D eigenvalue weighted by molar-refractivity contribution is 0.0600. The molecular formula is C20H18ClN3O4. The van der Waals surface area contributed by atoms with Crippen LogP contribution in [0.4, 0.5) is 5.69 Å². The highest BCUT2D eigenvalue weighted by Crippen LogP contribution is 2.20. The van der Waals surface area contributed by atoms with Crippen molar-refractivity contribution in [1.29, 1.82) is 0 Å². The maximum absolute atomic E-state index is 12.7.